The van der Waals surface area contributed by atoms with Gasteiger partial charge in [-0.25, -0.2) is 4.98 Å². The van der Waals surface area contributed by atoms with Crippen molar-refractivity contribution in [1.82, 2.24) is 25.2 Å². The normalized spacial score (nSPS) is 22.1. The van der Waals surface area contributed by atoms with Gasteiger partial charge in [-0.2, -0.15) is 0 Å². The smallest absolute Gasteiger partial charge is 0.268 e. The molecule has 2 aliphatic carbocycles. The minimum atomic E-state index is -0.287. The molecule has 4 heterocycles. The minimum Gasteiger partial charge on any atom is -0.368 e. The molecule has 11 heteroatoms. The maximum absolute atomic E-state index is 12.4. The molecule has 3 aliphatic rings. The van der Waals surface area contributed by atoms with Crippen molar-refractivity contribution in [1.29, 1.82) is 0 Å². The Morgan fingerprint density at radius 2 is 1.94 bits per heavy atom. The van der Waals surface area contributed by atoms with Gasteiger partial charge in [0.15, 0.2) is 0 Å². The molecule has 1 saturated heterocycles. The van der Waals surface area contributed by atoms with Crippen molar-refractivity contribution in [3.63, 3.8) is 0 Å². The first-order chi connectivity index (χ1) is 16.7. The molecule has 8 nitrogen and oxygen atoms in total. The number of pyridine rings is 3. The van der Waals surface area contributed by atoms with E-state index in [0.717, 1.165) is 66.7 Å². The average molecular weight is 466 g/mol. The van der Waals surface area contributed by atoms with Crippen LogP contribution in [0.4, 0.5) is 5.69 Å². The maximum atomic E-state index is 12.4. The molecular formula is C24H29B3N6O2. The molecule has 1 aliphatic heterocycles. The number of fused-ring (bicyclic) bond motifs is 2. The molecule has 1 amide bonds. The third-order valence-electron chi connectivity index (χ3n) is 7.20. The van der Waals surface area contributed by atoms with E-state index in [9.17, 15) is 9.59 Å². The Balaban J connectivity index is 1.11. The minimum absolute atomic E-state index is 0.0327. The highest BCUT2D eigenvalue weighted by Crippen LogP contribution is 2.40. The van der Waals surface area contributed by atoms with Gasteiger partial charge in [0.25, 0.3) is 11.5 Å². The average Bonchev–Trinajstić information content (AvgIpc) is 3.72. The number of hydrogen-bond acceptors (Lipinski definition) is 6. The summed E-state index contributed by atoms with van der Waals surface area (Å²) in [6.07, 6.45) is 7.10. The van der Waals surface area contributed by atoms with Crippen LogP contribution in [-0.4, -0.2) is 79.7 Å². The zero-order valence-corrected chi connectivity index (χ0v) is 20.5. The number of anilines is 1. The number of aromatic amines is 1. The molecule has 6 rings (SSSR count). The van der Waals surface area contributed by atoms with Gasteiger partial charge in [0.2, 0.25) is 0 Å². The lowest BCUT2D eigenvalue weighted by Crippen LogP contribution is -2.50. The zero-order valence-electron chi connectivity index (χ0n) is 20.5. The third kappa shape index (κ3) is 4.61. The monoisotopic (exact) mass is 466 g/mol. The van der Waals surface area contributed by atoms with E-state index in [1.54, 1.807) is 0 Å². The second-order valence-electron chi connectivity index (χ2n) is 11.2. The number of amides is 1. The first-order valence-electron chi connectivity index (χ1n) is 12.6. The largest absolute Gasteiger partial charge is 0.368 e. The van der Waals surface area contributed by atoms with E-state index in [1.165, 1.54) is 0 Å². The van der Waals surface area contributed by atoms with Crippen LogP contribution in [0, 0.1) is 0 Å². The number of carbonyl (C=O) groups is 1. The first kappa shape index (κ1) is 22.4. The predicted octanol–water partition coefficient (Wildman–Crippen LogP) is -1.10. The maximum Gasteiger partial charge on any atom is 0.268 e. The summed E-state index contributed by atoms with van der Waals surface area (Å²) >= 11 is 0. The van der Waals surface area contributed by atoms with Gasteiger partial charge in [-0.1, -0.05) is 0 Å². The second kappa shape index (κ2) is 8.26. The highest BCUT2D eigenvalue weighted by Gasteiger charge is 2.48. The Labute approximate surface area is 207 Å². The highest BCUT2D eigenvalue weighted by atomic mass is 16.2. The number of carbonyl (C=O) groups excluding carboxylic acids is 1. The fraction of sp³-hybridized carbons (Fsp3) is 0.417. The molecule has 3 fully saturated rings. The number of nitrogens with zero attached hydrogens (tertiary/aromatic N) is 4. The summed E-state index contributed by atoms with van der Waals surface area (Å²) in [6.45, 7) is 2.69. The van der Waals surface area contributed by atoms with Crippen LogP contribution in [0.15, 0.2) is 41.5 Å². The Morgan fingerprint density at radius 3 is 2.66 bits per heavy atom. The highest BCUT2D eigenvalue weighted by molar-refractivity contribution is 6.60. The third-order valence-corrected chi connectivity index (χ3v) is 7.20. The van der Waals surface area contributed by atoms with Gasteiger partial charge in [0, 0.05) is 43.5 Å². The van der Waals surface area contributed by atoms with Crippen molar-refractivity contribution in [3.05, 3.63) is 63.8 Å². The van der Waals surface area contributed by atoms with Crippen LogP contribution in [-0.2, 0) is 6.54 Å². The molecule has 3 aromatic rings. The van der Waals surface area contributed by atoms with E-state index in [0.29, 0.717) is 23.7 Å². The van der Waals surface area contributed by atoms with Crippen LogP contribution < -0.4 is 15.8 Å². The molecule has 0 bridgehead atoms. The standard InChI is InChI=1S/C24H29B3N6O2/c25-24(26,27)31-23(35)17-4-3-15(11-29-17)33-6-5-32(20-9-21(20)33)12-13-7-19-18(28-10-13)8-16(14-1-2-14)22(34)30-19/h3-4,7-8,10-11,14,20-21H,1-2,5-6,9,12,25-27H2,(H,30,34)(H,31,35)/t20-,21+/m0/s1. The Morgan fingerprint density at radius 1 is 1.11 bits per heavy atom. The van der Waals surface area contributed by atoms with Crippen molar-refractivity contribution in [3.8, 4) is 0 Å². The summed E-state index contributed by atoms with van der Waals surface area (Å²) in [5.41, 5.74) is 5.25. The van der Waals surface area contributed by atoms with Gasteiger partial charge in [0.1, 0.15) is 29.2 Å². The zero-order chi connectivity index (χ0) is 24.3. The van der Waals surface area contributed by atoms with Crippen molar-refractivity contribution >= 4 is 46.2 Å². The number of aromatic nitrogens is 3. The topological polar surface area (TPSA) is 94.2 Å². The van der Waals surface area contributed by atoms with Crippen molar-refractivity contribution in [2.75, 3.05) is 18.0 Å². The van der Waals surface area contributed by atoms with E-state index in [2.05, 4.69) is 36.1 Å². The molecule has 35 heavy (non-hydrogen) atoms. The molecule has 0 unspecified atom stereocenters. The Hall–Kier alpha value is -3.07. The molecule has 3 aromatic heterocycles. The molecule has 2 saturated carbocycles. The summed E-state index contributed by atoms with van der Waals surface area (Å²) in [5, 5.41) is 2.67. The molecule has 176 valence electrons. The van der Waals surface area contributed by atoms with Crippen molar-refractivity contribution in [2.24, 2.45) is 0 Å². The van der Waals surface area contributed by atoms with Crippen LogP contribution in [0.1, 0.15) is 46.8 Å². The molecule has 0 aromatic carbocycles. The molecular weight excluding hydrogens is 437 g/mol. The molecule has 0 spiro atoms. The summed E-state index contributed by atoms with van der Waals surface area (Å²) in [7, 11) is 5.89. The number of rotatable bonds is 6. The number of hydrogen-bond donors (Lipinski definition) is 2. The Kier molecular flexibility index (Phi) is 5.29. The van der Waals surface area contributed by atoms with E-state index in [-0.39, 0.29) is 16.7 Å². The molecule has 2 N–H and O–H groups in total. The lowest BCUT2D eigenvalue weighted by Gasteiger charge is -2.35. The number of H-pyrrole nitrogens is 1. The van der Waals surface area contributed by atoms with Crippen LogP contribution in [0.25, 0.3) is 11.0 Å². The van der Waals surface area contributed by atoms with E-state index in [4.69, 9.17) is 0 Å². The summed E-state index contributed by atoms with van der Waals surface area (Å²) in [6, 6.07) is 8.84. The predicted molar refractivity (Wildman–Crippen MR) is 144 cm³/mol. The Bertz CT molecular complexity index is 1350. The van der Waals surface area contributed by atoms with Crippen molar-refractivity contribution < 1.29 is 4.79 Å². The van der Waals surface area contributed by atoms with E-state index < -0.39 is 0 Å². The fourth-order valence-corrected chi connectivity index (χ4v) is 5.24. The van der Waals surface area contributed by atoms with Gasteiger partial charge in [-0.3, -0.25) is 19.5 Å². The van der Waals surface area contributed by atoms with Gasteiger partial charge in [-0.05, 0) is 60.2 Å². The first-order valence-corrected chi connectivity index (χ1v) is 12.6. The summed E-state index contributed by atoms with van der Waals surface area (Å²) < 4.78 is 0. The van der Waals surface area contributed by atoms with Gasteiger partial charge in [0.05, 0.1) is 22.9 Å². The quantitative estimate of drug-likeness (QED) is 0.449. The molecule has 0 radical (unpaired) electrons. The SMILES string of the molecule is BC(B)(B)NC(=O)c1ccc(N2CCN(Cc3cnc4cc(C5CC5)c(=O)[nH]c4c3)[C@H]3C[C@H]32)cn1. The van der Waals surface area contributed by atoms with Gasteiger partial charge >= 0.3 is 0 Å². The van der Waals surface area contributed by atoms with Gasteiger partial charge in [-0.15, -0.1) is 0 Å². The molecule has 2 atom stereocenters. The van der Waals surface area contributed by atoms with Crippen molar-refractivity contribution in [2.45, 2.75) is 49.0 Å². The second-order valence-corrected chi connectivity index (χ2v) is 11.2. The van der Waals surface area contributed by atoms with Crippen LogP contribution in [0.5, 0.6) is 0 Å². The van der Waals surface area contributed by atoms with Gasteiger partial charge < -0.3 is 15.2 Å². The van der Waals surface area contributed by atoms with Crippen LogP contribution in [0.3, 0.4) is 0 Å². The lowest BCUT2D eigenvalue weighted by molar-refractivity contribution is 0.0947. The summed E-state index contributed by atoms with van der Waals surface area (Å²) in [4.78, 5) is 41.9. The van der Waals surface area contributed by atoms with E-state index in [1.807, 2.05) is 54.1 Å². The fourth-order valence-electron chi connectivity index (χ4n) is 5.24. The summed E-state index contributed by atoms with van der Waals surface area (Å²) in [5.74, 6) is 0.270. The van der Waals surface area contributed by atoms with Crippen LogP contribution >= 0.6 is 0 Å². The van der Waals surface area contributed by atoms with E-state index >= 15 is 0 Å². The lowest BCUT2D eigenvalue weighted by atomic mass is 9.49. The van der Waals surface area contributed by atoms with Crippen LogP contribution in [0.2, 0.25) is 0 Å². The number of nitrogens with one attached hydrogen (secondary N) is 2. The number of piperazine rings is 1.